The number of aryl methyl sites for hydroxylation is 1. The topological polar surface area (TPSA) is 29.9 Å². The van der Waals surface area contributed by atoms with E-state index in [1.165, 1.54) is 16.0 Å². The maximum atomic E-state index is 4.47. The summed E-state index contributed by atoms with van der Waals surface area (Å²) in [6, 6.07) is 12.6. The van der Waals surface area contributed by atoms with Crippen molar-refractivity contribution in [3.8, 4) is 5.69 Å². The number of benzene rings is 1. The van der Waals surface area contributed by atoms with Crippen LogP contribution >= 0.6 is 11.3 Å². The Kier molecular flexibility index (Phi) is 3.67. The monoisotopic (exact) mass is 283 g/mol. The van der Waals surface area contributed by atoms with Crippen molar-refractivity contribution < 1.29 is 0 Å². The minimum Gasteiger partial charge on any atom is -0.309 e. The molecule has 102 valence electrons. The van der Waals surface area contributed by atoms with Crippen molar-refractivity contribution >= 4 is 11.3 Å². The summed E-state index contributed by atoms with van der Waals surface area (Å²) in [5.74, 6) is 0. The number of rotatable bonds is 4. The zero-order valence-electron chi connectivity index (χ0n) is 11.6. The van der Waals surface area contributed by atoms with E-state index in [0.29, 0.717) is 0 Å². The molecule has 2 heterocycles. The van der Waals surface area contributed by atoms with Crippen molar-refractivity contribution in [2.45, 2.75) is 13.0 Å². The lowest BCUT2D eigenvalue weighted by atomic mass is 10.1. The summed E-state index contributed by atoms with van der Waals surface area (Å²) >= 11 is 1.78. The molecule has 0 aliphatic carbocycles. The second-order valence-electron chi connectivity index (χ2n) is 4.77. The molecule has 0 amide bonds. The molecule has 20 heavy (non-hydrogen) atoms. The van der Waals surface area contributed by atoms with Crippen LogP contribution in [0.3, 0.4) is 0 Å². The Morgan fingerprint density at radius 3 is 2.65 bits per heavy atom. The molecular formula is C16H17N3S. The molecule has 0 saturated carbocycles. The summed E-state index contributed by atoms with van der Waals surface area (Å²) < 4.78 is 1.92. The van der Waals surface area contributed by atoms with Gasteiger partial charge in [0.15, 0.2) is 0 Å². The molecule has 1 aromatic carbocycles. The highest BCUT2D eigenvalue weighted by Crippen LogP contribution is 2.26. The van der Waals surface area contributed by atoms with Crippen LogP contribution in [0.5, 0.6) is 0 Å². The van der Waals surface area contributed by atoms with Gasteiger partial charge in [-0.3, -0.25) is 0 Å². The lowest BCUT2D eigenvalue weighted by Gasteiger charge is -2.12. The molecule has 1 atom stereocenters. The predicted octanol–water partition coefficient (Wildman–Crippen LogP) is 3.55. The molecule has 0 radical (unpaired) electrons. The SMILES string of the molecule is CNC(c1csc(C)c1)c1cnn(-c2ccccc2)c1. The minimum atomic E-state index is 0.192. The van der Waals surface area contributed by atoms with Gasteiger partial charge in [0.05, 0.1) is 17.9 Å². The van der Waals surface area contributed by atoms with Crippen molar-refractivity contribution in [3.63, 3.8) is 0 Å². The van der Waals surface area contributed by atoms with Gasteiger partial charge in [-0.05, 0) is 43.1 Å². The van der Waals surface area contributed by atoms with E-state index in [1.54, 1.807) is 11.3 Å². The Balaban J connectivity index is 1.92. The number of hydrogen-bond acceptors (Lipinski definition) is 3. The lowest BCUT2D eigenvalue weighted by molar-refractivity contribution is 0.693. The summed E-state index contributed by atoms with van der Waals surface area (Å²) in [6.45, 7) is 2.13. The first-order chi connectivity index (χ1) is 9.78. The molecule has 1 unspecified atom stereocenters. The minimum absolute atomic E-state index is 0.192. The van der Waals surface area contributed by atoms with Crippen molar-refractivity contribution in [2.75, 3.05) is 7.05 Å². The van der Waals surface area contributed by atoms with E-state index < -0.39 is 0 Å². The van der Waals surface area contributed by atoms with E-state index in [9.17, 15) is 0 Å². The Hall–Kier alpha value is -1.91. The maximum absolute atomic E-state index is 4.47. The molecule has 0 fully saturated rings. The second-order valence-corrected chi connectivity index (χ2v) is 5.88. The third kappa shape index (κ3) is 2.53. The summed E-state index contributed by atoms with van der Waals surface area (Å²) in [4.78, 5) is 1.33. The zero-order chi connectivity index (χ0) is 13.9. The molecule has 0 spiro atoms. The van der Waals surface area contributed by atoms with Crippen LogP contribution in [-0.2, 0) is 0 Å². The molecule has 1 N–H and O–H groups in total. The van der Waals surface area contributed by atoms with Gasteiger partial charge >= 0.3 is 0 Å². The Morgan fingerprint density at radius 2 is 2.00 bits per heavy atom. The molecule has 0 bridgehead atoms. The van der Waals surface area contributed by atoms with E-state index >= 15 is 0 Å². The van der Waals surface area contributed by atoms with Gasteiger partial charge in [0, 0.05) is 16.6 Å². The number of nitrogens with one attached hydrogen (secondary N) is 1. The number of para-hydroxylation sites is 1. The first-order valence-corrected chi connectivity index (χ1v) is 7.48. The largest absolute Gasteiger partial charge is 0.309 e. The van der Waals surface area contributed by atoms with Gasteiger partial charge in [0.1, 0.15) is 0 Å². The molecule has 0 saturated heterocycles. The van der Waals surface area contributed by atoms with Crippen molar-refractivity contribution in [1.29, 1.82) is 0 Å². The van der Waals surface area contributed by atoms with Crippen LogP contribution in [-0.4, -0.2) is 16.8 Å². The normalized spacial score (nSPS) is 12.5. The van der Waals surface area contributed by atoms with Crippen LogP contribution in [0.25, 0.3) is 5.69 Å². The average molecular weight is 283 g/mol. The highest BCUT2D eigenvalue weighted by molar-refractivity contribution is 7.10. The summed E-state index contributed by atoms with van der Waals surface area (Å²) in [7, 11) is 1.98. The number of nitrogens with zero attached hydrogens (tertiary/aromatic N) is 2. The van der Waals surface area contributed by atoms with Gasteiger partial charge in [0.25, 0.3) is 0 Å². The van der Waals surface area contributed by atoms with Gasteiger partial charge in [-0.15, -0.1) is 11.3 Å². The fourth-order valence-corrected chi connectivity index (χ4v) is 3.08. The molecule has 4 heteroatoms. The van der Waals surface area contributed by atoms with Crippen LogP contribution in [0.1, 0.15) is 22.0 Å². The van der Waals surface area contributed by atoms with E-state index in [2.05, 4.69) is 47.1 Å². The standard InChI is InChI=1S/C16H17N3S/c1-12-8-13(11-20-12)16(17-2)14-9-18-19(10-14)15-6-4-3-5-7-15/h3-11,16-17H,1-2H3. The number of hydrogen-bond donors (Lipinski definition) is 1. The van der Waals surface area contributed by atoms with Crippen molar-refractivity contribution in [3.05, 3.63) is 70.2 Å². The third-order valence-electron chi connectivity index (χ3n) is 3.33. The lowest BCUT2D eigenvalue weighted by Crippen LogP contribution is -2.16. The highest BCUT2D eigenvalue weighted by atomic mass is 32.1. The van der Waals surface area contributed by atoms with E-state index in [1.807, 2.05) is 36.1 Å². The van der Waals surface area contributed by atoms with E-state index in [-0.39, 0.29) is 6.04 Å². The fraction of sp³-hybridized carbons (Fsp3) is 0.188. The van der Waals surface area contributed by atoms with Gasteiger partial charge in [0.2, 0.25) is 0 Å². The van der Waals surface area contributed by atoms with Gasteiger partial charge in [-0.1, -0.05) is 18.2 Å². The van der Waals surface area contributed by atoms with Crippen LogP contribution < -0.4 is 5.32 Å². The van der Waals surface area contributed by atoms with E-state index in [0.717, 1.165) is 5.69 Å². The van der Waals surface area contributed by atoms with E-state index in [4.69, 9.17) is 0 Å². The number of aromatic nitrogens is 2. The molecule has 2 aromatic heterocycles. The highest BCUT2D eigenvalue weighted by Gasteiger charge is 2.15. The summed E-state index contributed by atoms with van der Waals surface area (Å²) in [6.07, 6.45) is 4.02. The molecule has 0 aliphatic heterocycles. The quantitative estimate of drug-likeness (QED) is 0.793. The fourth-order valence-electron chi connectivity index (χ4n) is 2.35. The molecule has 3 nitrogen and oxygen atoms in total. The van der Waals surface area contributed by atoms with Crippen molar-refractivity contribution in [1.82, 2.24) is 15.1 Å². The summed E-state index contributed by atoms with van der Waals surface area (Å²) in [5.41, 5.74) is 3.55. The Bertz CT molecular complexity index is 685. The molecule has 3 aromatic rings. The Morgan fingerprint density at radius 1 is 1.20 bits per heavy atom. The van der Waals surface area contributed by atoms with Crippen LogP contribution in [0.4, 0.5) is 0 Å². The second kappa shape index (κ2) is 5.61. The van der Waals surface area contributed by atoms with Crippen LogP contribution in [0.15, 0.2) is 54.2 Å². The third-order valence-corrected chi connectivity index (χ3v) is 4.21. The van der Waals surface area contributed by atoms with Crippen LogP contribution in [0.2, 0.25) is 0 Å². The van der Waals surface area contributed by atoms with Gasteiger partial charge < -0.3 is 5.32 Å². The van der Waals surface area contributed by atoms with Crippen LogP contribution in [0, 0.1) is 6.92 Å². The van der Waals surface area contributed by atoms with Crippen molar-refractivity contribution in [2.24, 2.45) is 0 Å². The molecular weight excluding hydrogens is 266 g/mol. The molecule has 0 aliphatic rings. The predicted molar refractivity (Wildman–Crippen MR) is 83.5 cm³/mol. The first-order valence-electron chi connectivity index (χ1n) is 6.60. The Labute approximate surface area is 122 Å². The maximum Gasteiger partial charge on any atom is 0.0645 e. The van der Waals surface area contributed by atoms with Gasteiger partial charge in [-0.2, -0.15) is 5.10 Å². The average Bonchev–Trinajstić information content (AvgIpc) is 3.11. The molecule has 3 rings (SSSR count). The zero-order valence-corrected chi connectivity index (χ0v) is 12.4. The smallest absolute Gasteiger partial charge is 0.0645 e. The number of thiophene rings is 1. The first kappa shape index (κ1) is 13.1. The van der Waals surface area contributed by atoms with Gasteiger partial charge in [-0.25, -0.2) is 4.68 Å². The summed E-state index contributed by atoms with van der Waals surface area (Å²) in [5, 5.41) is 10.0.